The van der Waals surface area contributed by atoms with Crippen LogP contribution in [0.25, 0.3) is 0 Å². The monoisotopic (exact) mass is 314 g/mol. The largest absolute Gasteiger partial charge is 0.353 e. The highest BCUT2D eigenvalue weighted by atomic mass is 79.9. The number of hydrogen-bond acceptors (Lipinski definition) is 7. The number of hydrogen-bond donors (Lipinski definition) is 2. The highest BCUT2D eigenvalue weighted by Gasteiger charge is 2.10. The Hall–Kier alpha value is -1.25. The first kappa shape index (κ1) is 12.2. The number of nitrogens with two attached hydrogens (primary N) is 1. The summed E-state index contributed by atoms with van der Waals surface area (Å²) in [7, 11) is 1.94. The third kappa shape index (κ3) is 2.90. The van der Waals surface area contributed by atoms with Crippen molar-refractivity contribution in [2.45, 2.75) is 6.54 Å². The molecule has 0 spiro atoms. The van der Waals surface area contributed by atoms with Crippen LogP contribution in [-0.2, 0) is 6.54 Å². The van der Waals surface area contributed by atoms with E-state index in [2.05, 4.69) is 36.3 Å². The Kier molecular flexibility index (Phi) is 3.87. The van der Waals surface area contributed by atoms with Crippen LogP contribution < -0.4 is 16.2 Å². The number of anilines is 2. The van der Waals surface area contributed by atoms with E-state index in [1.807, 2.05) is 22.8 Å². The van der Waals surface area contributed by atoms with Gasteiger partial charge in [0.1, 0.15) is 5.82 Å². The van der Waals surface area contributed by atoms with Crippen molar-refractivity contribution in [2.24, 2.45) is 5.84 Å². The molecule has 0 amide bonds. The van der Waals surface area contributed by atoms with E-state index in [1.54, 1.807) is 17.5 Å². The van der Waals surface area contributed by atoms with E-state index >= 15 is 0 Å². The molecule has 0 atom stereocenters. The van der Waals surface area contributed by atoms with E-state index in [-0.39, 0.29) is 0 Å². The minimum atomic E-state index is 0.383. The normalized spacial score (nSPS) is 10.3. The van der Waals surface area contributed by atoms with Crippen molar-refractivity contribution in [1.82, 2.24) is 15.0 Å². The first-order valence-electron chi connectivity index (χ1n) is 4.78. The predicted octanol–water partition coefficient (Wildman–Crippen LogP) is 1.62. The summed E-state index contributed by atoms with van der Waals surface area (Å²) in [5, 5.41) is 2.01. The number of nitrogens with one attached hydrogen (secondary N) is 1. The number of nitrogens with zero attached hydrogens (tertiary/aromatic N) is 4. The molecule has 6 nitrogen and oxygen atoms in total. The summed E-state index contributed by atoms with van der Waals surface area (Å²) < 4.78 is 0.814. The van der Waals surface area contributed by atoms with Crippen molar-refractivity contribution in [1.29, 1.82) is 0 Å². The van der Waals surface area contributed by atoms with Crippen molar-refractivity contribution in [3.05, 3.63) is 27.3 Å². The van der Waals surface area contributed by atoms with Gasteiger partial charge in [-0.3, -0.25) is 5.43 Å². The molecule has 0 bridgehead atoms. The summed E-state index contributed by atoms with van der Waals surface area (Å²) in [5.74, 6) is 6.43. The fraction of sp³-hybridized carbons (Fsp3) is 0.222. The fourth-order valence-corrected chi connectivity index (χ4v) is 2.37. The fourth-order valence-electron chi connectivity index (χ4n) is 1.33. The van der Waals surface area contributed by atoms with Crippen LogP contribution in [0.5, 0.6) is 0 Å². The highest BCUT2D eigenvalue weighted by molar-refractivity contribution is 9.10. The Bertz CT molecular complexity index is 488. The standard InChI is InChI=1S/C9H11BrN6S/c1-16(3-6-4-17-5-13-6)8-7(10)2-12-9(14-8)15-11/h2,4-5H,3,11H2,1H3,(H,12,14,15). The van der Waals surface area contributed by atoms with Crippen LogP contribution in [0.15, 0.2) is 21.6 Å². The summed E-state index contributed by atoms with van der Waals surface area (Å²) in [6.45, 7) is 0.684. The molecule has 0 aliphatic heterocycles. The van der Waals surface area contributed by atoms with Gasteiger partial charge in [0, 0.05) is 18.6 Å². The van der Waals surface area contributed by atoms with Crippen molar-refractivity contribution in [2.75, 3.05) is 17.4 Å². The number of hydrazine groups is 1. The van der Waals surface area contributed by atoms with E-state index in [9.17, 15) is 0 Å². The molecule has 2 rings (SSSR count). The topological polar surface area (TPSA) is 80.0 Å². The van der Waals surface area contributed by atoms with Gasteiger partial charge in [-0.05, 0) is 15.9 Å². The van der Waals surface area contributed by atoms with Crippen molar-refractivity contribution >= 4 is 39.0 Å². The molecule has 0 unspecified atom stereocenters. The van der Waals surface area contributed by atoms with Gasteiger partial charge in [0.25, 0.3) is 0 Å². The summed E-state index contributed by atoms with van der Waals surface area (Å²) in [5.41, 5.74) is 5.24. The first-order chi connectivity index (χ1) is 8.20. The summed E-state index contributed by atoms with van der Waals surface area (Å²) >= 11 is 4.99. The van der Waals surface area contributed by atoms with Gasteiger partial charge < -0.3 is 4.90 Å². The predicted molar refractivity (Wildman–Crippen MR) is 71.8 cm³/mol. The van der Waals surface area contributed by atoms with Gasteiger partial charge in [-0.25, -0.2) is 15.8 Å². The van der Waals surface area contributed by atoms with Gasteiger partial charge in [-0.15, -0.1) is 11.3 Å². The third-order valence-corrected chi connectivity index (χ3v) is 3.29. The van der Waals surface area contributed by atoms with Crippen LogP contribution in [0.3, 0.4) is 0 Å². The average molecular weight is 315 g/mol. The van der Waals surface area contributed by atoms with Crippen LogP contribution in [0.1, 0.15) is 5.69 Å². The molecule has 0 radical (unpaired) electrons. The van der Waals surface area contributed by atoms with Crippen LogP contribution in [0, 0.1) is 0 Å². The SMILES string of the molecule is CN(Cc1cscn1)c1nc(NN)ncc1Br. The summed E-state index contributed by atoms with van der Waals surface area (Å²) in [6.07, 6.45) is 1.66. The number of halogens is 1. The Morgan fingerprint density at radius 2 is 2.35 bits per heavy atom. The van der Waals surface area contributed by atoms with Gasteiger partial charge in [0.15, 0.2) is 0 Å². The number of thiazole rings is 1. The van der Waals surface area contributed by atoms with E-state index < -0.39 is 0 Å². The minimum Gasteiger partial charge on any atom is -0.353 e. The zero-order chi connectivity index (χ0) is 12.3. The second kappa shape index (κ2) is 5.39. The molecule has 0 saturated heterocycles. The number of aromatic nitrogens is 3. The second-order valence-electron chi connectivity index (χ2n) is 3.35. The van der Waals surface area contributed by atoms with Crippen molar-refractivity contribution < 1.29 is 0 Å². The van der Waals surface area contributed by atoms with Crippen molar-refractivity contribution in [3.8, 4) is 0 Å². The Morgan fingerprint density at radius 3 is 3.00 bits per heavy atom. The van der Waals surface area contributed by atoms with Crippen LogP contribution in [0.2, 0.25) is 0 Å². The smallest absolute Gasteiger partial charge is 0.239 e. The van der Waals surface area contributed by atoms with Gasteiger partial charge in [0.2, 0.25) is 5.95 Å². The Morgan fingerprint density at radius 1 is 1.53 bits per heavy atom. The molecular weight excluding hydrogens is 304 g/mol. The zero-order valence-electron chi connectivity index (χ0n) is 9.09. The minimum absolute atomic E-state index is 0.383. The molecule has 2 heterocycles. The number of rotatable bonds is 4. The lowest BCUT2D eigenvalue weighted by molar-refractivity contribution is 0.865. The summed E-state index contributed by atoms with van der Waals surface area (Å²) in [6, 6.07) is 0. The molecule has 3 N–H and O–H groups in total. The second-order valence-corrected chi connectivity index (χ2v) is 4.92. The molecule has 8 heteroatoms. The summed E-state index contributed by atoms with van der Waals surface area (Å²) in [4.78, 5) is 14.5. The van der Waals surface area contributed by atoms with E-state index in [0.29, 0.717) is 12.5 Å². The highest BCUT2D eigenvalue weighted by Crippen LogP contribution is 2.24. The maximum atomic E-state index is 5.29. The lowest BCUT2D eigenvalue weighted by atomic mass is 10.4. The van der Waals surface area contributed by atoms with Crippen LogP contribution in [0.4, 0.5) is 11.8 Å². The molecule has 2 aromatic rings. The zero-order valence-corrected chi connectivity index (χ0v) is 11.5. The van der Waals surface area contributed by atoms with Crippen molar-refractivity contribution in [3.63, 3.8) is 0 Å². The molecule has 0 saturated carbocycles. The lowest BCUT2D eigenvalue weighted by Crippen LogP contribution is -2.20. The van der Waals surface area contributed by atoms with Gasteiger partial charge >= 0.3 is 0 Å². The van der Waals surface area contributed by atoms with E-state index in [1.165, 1.54) is 0 Å². The molecule has 0 fully saturated rings. The average Bonchev–Trinajstić information content (AvgIpc) is 2.82. The van der Waals surface area contributed by atoms with Gasteiger partial charge in [-0.2, -0.15) is 4.98 Å². The Labute approximate surface area is 111 Å². The van der Waals surface area contributed by atoms with E-state index in [0.717, 1.165) is 16.0 Å². The van der Waals surface area contributed by atoms with Crippen LogP contribution in [-0.4, -0.2) is 22.0 Å². The molecule has 0 aliphatic rings. The first-order valence-corrected chi connectivity index (χ1v) is 6.51. The Balaban J connectivity index is 2.20. The van der Waals surface area contributed by atoms with Crippen LogP contribution >= 0.6 is 27.3 Å². The number of nitrogen functional groups attached to an aromatic ring is 1. The van der Waals surface area contributed by atoms with Gasteiger partial charge in [-0.1, -0.05) is 0 Å². The van der Waals surface area contributed by atoms with Gasteiger partial charge in [0.05, 0.1) is 22.2 Å². The maximum Gasteiger partial charge on any atom is 0.239 e. The molecule has 90 valence electrons. The third-order valence-electron chi connectivity index (χ3n) is 2.10. The quantitative estimate of drug-likeness (QED) is 0.659. The van der Waals surface area contributed by atoms with E-state index in [4.69, 9.17) is 5.84 Å². The molecule has 2 aromatic heterocycles. The molecule has 0 aromatic carbocycles. The lowest BCUT2D eigenvalue weighted by Gasteiger charge is -2.18. The molecular formula is C9H11BrN6S. The maximum absolute atomic E-state index is 5.29. The molecule has 17 heavy (non-hydrogen) atoms. The molecule has 0 aliphatic carbocycles.